The van der Waals surface area contributed by atoms with Gasteiger partial charge in [0, 0.05) is 36.9 Å². The predicted molar refractivity (Wildman–Crippen MR) is 90.5 cm³/mol. The quantitative estimate of drug-likeness (QED) is 0.765. The van der Waals surface area contributed by atoms with Crippen LogP contribution in [0.4, 0.5) is 0 Å². The molecule has 2 aliphatic rings. The highest BCUT2D eigenvalue weighted by Crippen LogP contribution is 2.22. The maximum Gasteiger partial charge on any atom is 0.307 e. The van der Waals surface area contributed by atoms with Crippen LogP contribution in [0.15, 0.2) is 12.3 Å². The molecule has 2 N–H and O–H groups in total. The summed E-state index contributed by atoms with van der Waals surface area (Å²) in [5.74, 6) is -0.134. The molecule has 0 radical (unpaired) electrons. The Labute approximate surface area is 143 Å². The second-order valence-electron chi connectivity index (χ2n) is 6.65. The lowest BCUT2D eigenvalue weighted by Crippen LogP contribution is -2.56. The fraction of sp³-hybridized carbons (Fsp3) is 0.667. The van der Waals surface area contributed by atoms with Gasteiger partial charge >= 0.3 is 5.97 Å². The molecule has 3 rings (SSSR count). The zero-order valence-corrected chi connectivity index (χ0v) is 14.4. The highest BCUT2D eigenvalue weighted by molar-refractivity contribution is 5.71. The molecule has 132 valence electrons. The van der Waals surface area contributed by atoms with Crippen LogP contribution >= 0.6 is 0 Å². The number of ether oxygens (including phenoxy) is 2. The number of hydrogen-bond acceptors (Lipinski definition) is 6. The number of nitrogens with zero attached hydrogens (tertiary/aromatic N) is 1. The smallest absolute Gasteiger partial charge is 0.307 e. The standard InChI is InChI=1S/C18H27N3O3/c1-2-24-17(22)9-18(5-3-6-19-13-18)21-11-14-8-15-12-23-7-4-16(15)20-10-14/h8,10,19,21H,2-7,9,11-13H2,1H3. The van der Waals surface area contributed by atoms with Crippen LogP contribution in [0.1, 0.15) is 43.0 Å². The van der Waals surface area contributed by atoms with Crippen molar-refractivity contribution in [1.82, 2.24) is 15.6 Å². The Hall–Kier alpha value is -1.50. The van der Waals surface area contributed by atoms with Gasteiger partial charge in [-0.3, -0.25) is 9.78 Å². The molecule has 2 aliphatic heterocycles. The third-order valence-electron chi connectivity index (χ3n) is 4.79. The van der Waals surface area contributed by atoms with Gasteiger partial charge in [-0.25, -0.2) is 0 Å². The van der Waals surface area contributed by atoms with E-state index in [4.69, 9.17) is 9.47 Å². The first-order valence-corrected chi connectivity index (χ1v) is 8.86. The average molecular weight is 333 g/mol. The topological polar surface area (TPSA) is 72.5 Å². The molecule has 1 unspecified atom stereocenters. The van der Waals surface area contributed by atoms with Crippen LogP contribution < -0.4 is 10.6 Å². The van der Waals surface area contributed by atoms with Crippen LogP contribution in [0.25, 0.3) is 0 Å². The van der Waals surface area contributed by atoms with Gasteiger partial charge < -0.3 is 20.1 Å². The van der Waals surface area contributed by atoms with Crippen molar-refractivity contribution in [1.29, 1.82) is 0 Å². The molecule has 0 saturated carbocycles. The lowest BCUT2D eigenvalue weighted by atomic mass is 9.86. The van der Waals surface area contributed by atoms with E-state index in [2.05, 4.69) is 21.7 Å². The molecular weight excluding hydrogens is 306 g/mol. The van der Waals surface area contributed by atoms with Crippen LogP contribution in [0.3, 0.4) is 0 Å². The Morgan fingerprint density at radius 1 is 1.54 bits per heavy atom. The van der Waals surface area contributed by atoms with E-state index in [-0.39, 0.29) is 11.5 Å². The number of esters is 1. The van der Waals surface area contributed by atoms with E-state index in [0.29, 0.717) is 26.2 Å². The van der Waals surface area contributed by atoms with E-state index < -0.39 is 0 Å². The summed E-state index contributed by atoms with van der Waals surface area (Å²) < 4.78 is 10.7. The van der Waals surface area contributed by atoms with E-state index in [9.17, 15) is 4.79 Å². The number of aromatic nitrogens is 1. The number of fused-ring (bicyclic) bond motifs is 1. The summed E-state index contributed by atoms with van der Waals surface area (Å²) in [7, 11) is 0. The Bertz CT molecular complexity index is 571. The summed E-state index contributed by atoms with van der Waals surface area (Å²) >= 11 is 0. The van der Waals surface area contributed by atoms with Gasteiger partial charge in [-0.15, -0.1) is 0 Å². The van der Waals surface area contributed by atoms with Gasteiger partial charge in [-0.05, 0) is 43.5 Å². The van der Waals surface area contributed by atoms with Crippen LogP contribution in [-0.2, 0) is 33.8 Å². The number of nitrogens with one attached hydrogen (secondary N) is 2. The number of carbonyl (C=O) groups is 1. The molecule has 1 atom stereocenters. The van der Waals surface area contributed by atoms with E-state index in [0.717, 1.165) is 50.2 Å². The van der Waals surface area contributed by atoms with Gasteiger partial charge in [0.1, 0.15) is 0 Å². The Balaban J connectivity index is 1.65. The van der Waals surface area contributed by atoms with Gasteiger partial charge in [-0.2, -0.15) is 0 Å². The Morgan fingerprint density at radius 3 is 3.25 bits per heavy atom. The average Bonchev–Trinajstić information content (AvgIpc) is 2.61. The molecule has 0 bridgehead atoms. The van der Waals surface area contributed by atoms with E-state index >= 15 is 0 Å². The molecule has 0 aromatic carbocycles. The second-order valence-corrected chi connectivity index (χ2v) is 6.65. The predicted octanol–water partition coefficient (Wildman–Crippen LogP) is 1.32. The summed E-state index contributed by atoms with van der Waals surface area (Å²) in [5, 5.41) is 7.01. The Morgan fingerprint density at radius 2 is 2.46 bits per heavy atom. The minimum Gasteiger partial charge on any atom is -0.466 e. The molecule has 6 nitrogen and oxygen atoms in total. The van der Waals surface area contributed by atoms with E-state index in [1.54, 1.807) is 0 Å². The monoisotopic (exact) mass is 333 g/mol. The van der Waals surface area contributed by atoms with Gasteiger partial charge in [0.15, 0.2) is 0 Å². The SMILES string of the molecule is CCOC(=O)CC1(NCc2cnc3c(c2)COCC3)CCCNC1. The van der Waals surface area contributed by atoms with Crippen molar-refractivity contribution >= 4 is 5.97 Å². The first kappa shape index (κ1) is 17.3. The van der Waals surface area contributed by atoms with Gasteiger partial charge in [0.2, 0.25) is 0 Å². The molecule has 0 aliphatic carbocycles. The van der Waals surface area contributed by atoms with Crippen LogP contribution in [-0.4, -0.2) is 42.8 Å². The minimum absolute atomic E-state index is 0.134. The van der Waals surface area contributed by atoms with Crippen molar-refractivity contribution < 1.29 is 14.3 Å². The number of hydrogen-bond donors (Lipinski definition) is 2. The van der Waals surface area contributed by atoms with Crippen molar-refractivity contribution in [3.05, 3.63) is 29.1 Å². The fourth-order valence-electron chi connectivity index (χ4n) is 3.50. The van der Waals surface area contributed by atoms with Crippen molar-refractivity contribution in [2.24, 2.45) is 0 Å². The van der Waals surface area contributed by atoms with Gasteiger partial charge in [-0.1, -0.05) is 0 Å². The third kappa shape index (κ3) is 4.32. The zero-order valence-electron chi connectivity index (χ0n) is 14.4. The van der Waals surface area contributed by atoms with Crippen LogP contribution in [0.2, 0.25) is 0 Å². The molecule has 0 spiro atoms. The van der Waals surface area contributed by atoms with E-state index in [1.807, 2.05) is 13.1 Å². The number of rotatable bonds is 6. The molecule has 24 heavy (non-hydrogen) atoms. The van der Waals surface area contributed by atoms with Crippen LogP contribution in [0, 0.1) is 0 Å². The van der Waals surface area contributed by atoms with E-state index in [1.165, 1.54) is 5.56 Å². The molecule has 0 amide bonds. The van der Waals surface area contributed by atoms with Gasteiger partial charge in [0.05, 0.1) is 26.2 Å². The molecule has 1 aromatic heterocycles. The zero-order chi connectivity index (χ0) is 16.8. The van der Waals surface area contributed by atoms with Gasteiger partial charge in [0.25, 0.3) is 0 Å². The Kier molecular flexibility index (Phi) is 5.81. The number of carbonyl (C=O) groups excluding carboxylic acids is 1. The molecule has 1 saturated heterocycles. The summed E-state index contributed by atoms with van der Waals surface area (Å²) in [6.45, 7) is 6.16. The van der Waals surface area contributed by atoms with Crippen molar-refractivity contribution in [2.75, 3.05) is 26.3 Å². The normalized spacial score (nSPS) is 23.5. The van der Waals surface area contributed by atoms with Crippen LogP contribution in [0.5, 0.6) is 0 Å². The number of piperidine rings is 1. The molecular formula is C18H27N3O3. The lowest BCUT2D eigenvalue weighted by Gasteiger charge is -2.38. The lowest BCUT2D eigenvalue weighted by molar-refractivity contribution is -0.145. The summed E-state index contributed by atoms with van der Waals surface area (Å²) in [6.07, 6.45) is 5.25. The third-order valence-corrected chi connectivity index (χ3v) is 4.79. The van der Waals surface area contributed by atoms with Crippen molar-refractivity contribution in [3.8, 4) is 0 Å². The molecule has 1 fully saturated rings. The first-order valence-electron chi connectivity index (χ1n) is 8.86. The summed E-state index contributed by atoms with van der Waals surface area (Å²) in [4.78, 5) is 16.6. The summed E-state index contributed by atoms with van der Waals surface area (Å²) in [6, 6.07) is 2.17. The second kappa shape index (κ2) is 8.05. The highest BCUT2D eigenvalue weighted by Gasteiger charge is 2.34. The first-order chi connectivity index (χ1) is 11.7. The molecule has 6 heteroatoms. The highest BCUT2D eigenvalue weighted by atomic mass is 16.5. The minimum atomic E-state index is -0.239. The maximum absolute atomic E-state index is 12.0. The van der Waals surface area contributed by atoms with Crippen molar-refractivity contribution in [3.63, 3.8) is 0 Å². The maximum atomic E-state index is 12.0. The summed E-state index contributed by atoms with van der Waals surface area (Å²) in [5.41, 5.74) is 3.22. The van der Waals surface area contributed by atoms with Crippen molar-refractivity contribution in [2.45, 2.75) is 51.3 Å². The fourth-order valence-corrected chi connectivity index (χ4v) is 3.50. The number of pyridine rings is 1. The largest absolute Gasteiger partial charge is 0.466 e. The molecule has 3 heterocycles. The molecule has 1 aromatic rings.